The van der Waals surface area contributed by atoms with Crippen LogP contribution >= 0.6 is 11.3 Å². The van der Waals surface area contributed by atoms with Crippen LogP contribution in [0.2, 0.25) is 0 Å². The lowest BCUT2D eigenvalue weighted by atomic mass is 10.2. The van der Waals surface area contributed by atoms with Crippen LogP contribution < -0.4 is 10.1 Å². The Hall–Kier alpha value is -1.46. The molecule has 2 aromatic rings. The molecule has 0 amide bonds. The Kier molecular flexibility index (Phi) is 5.49. The van der Waals surface area contributed by atoms with Crippen LogP contribution in [0.5, 0.6) is 5.75 Å². The number of pyridine rings is 1. The summed E-state index contributed by atoms with van der Waals surface area (Å²) in [6.45, 7) is 8.61. The summed E-state index contributed by atoms with van der Waals surface area (Å²) in [4.78, 5) is 8.90. The number of thiazole rings is 1. The molecule has 20 heavy (non-hydrogen) atoms. The van der Waals surface area contributed by atoms with Crippen LogP contribution in [0.25, 0.3) is 0 Å². The minimum atomic E-state index is 0.473. The van der Waals surface area contributed by atoms with E-state index < -0.39 is 0 Å². The largest absolute Gasteiger partial charge is 0.486 e. The van der Waals surface area contributed by atoms with Crippen molar-refractivity contribution in [3.05, 3.63) is 40.1 Å². The van der Waals surface area contributed by atoms with Crippen molar-refractivity contribution in [2.24, 2.45) is 0 Å². The molecule has 0 saturated carbocycles. The van der Waals surface area contributed by atoms with Gasteiger partial charge in [0.2, 0.25) is 0 Å². The maximum absolute atomic E-state index is 5.71. The van der Waals surface area contributed by atoms with Crippen LogP contribution in [0.4, 0.5) is 0 Å². The lowest BCUT2D eigenvalue weighted by Crippen LogP contribution is -2.12. The number of aromatic nitrogens is 2. The fraction of sp³-hybridized carbons (Fsp3) is 0.467. The molecule has 5 heteroatoms. The van der Waals surface area contributed by atoms with Crippen molar-refractivity contribution >= 4 is 11.3 Å². The molecule has 2 aromatic heterocycles. The van der Waals surface area contributed by atoms with Gasteiger partial charge >= 0.3 is 0 Å². The molecule has 0 bridgehead atoms. The smallest absolute Gasteiger partial charge is 0.138 e. The fourth-order valence-corrected chi connectivity index (χ4v) is 2.48. The highest BCUT2D eigenvalue weighted by atomic mass is 32.1. The van der Waals surface area contributed by atoms with Crippen LogP contribution in [0, 0.1) is 0 Å². The van der Waals surface area contributed by atoms with E-state index in [9.17, 15) is 0 Å². The lowest BCUT2D eigenvalue weighted by molar-refractivity contribution is 0.300. The second-order valence-electron chi connectivity index (χ2n) is 4.89. The number of hydrogen-bond donors (Lipinski definition) is 1. The zero-order valence-corrected chi connectivity index (χ0v) is 13.0. The Morgan fingerprint density at radius 3 is 2.75 bits per heavy atom. The molecule has 1 N–H and O–H groups in total. The van der Waals surface area contributed by atoms with Crippen molar-refractivity contribution in [3.63, 3.8) is 0 Å². The normalized spacial score (nSPS) is 11.0. The monoisotopic (exact) mass is 291 g/mol. The van der Waals surface area contributed by atoms with Gasteiger partial charge in [0, 0.05) is 17.8 Å². The Morgan fingerprint density at radius 2 is 2.15 bits per heavy atom. The van der Waals surface area contributed by atoms with E-state index in [1.165, 1.54) is 0 Å². The van der Waals surface area contributed by atoms with Crippen LogP contribution in [0.3, 0.4) is 0 Å². The molecule has 0 spiro atoms. The fourth-order valence-electron chi connectivity index (χ4n) is 1.67. The first-order valence-electron chi connectivity index (χ1n) is 6.91. The molecular weight excluding hydrogens is 270 g/mol. The van der Waals surface area contributed by atoms with E-state index in [1.54, 1.807) is 17.5 Å². The van der Waals surface area contributed by atoms with Crippen LogP contribution in [-0.2, 0) is 13.2 Å². The van der Waals surface area contributed by atoms with E-state index in [2.05, 4.69) is 41.4 Å². The summed E-state index contributed by atoms with van der Waals surface area (Å²) in [5.74, 6) is 1.25. The molecule has 0 saturated heterocycles. The summed E-state index contributed by atoms with van der Waals surface area (Å²) < 4.78 is 5.71. The zero-order valence-electron chi connectivity index (χ0n) is 12.2. The number of ether oxygens (including phenoxy) is 1. The molecule has 0 aromatic carbocycles. The van der Waals surface area contributed by atoms with Crippen molar-refractivity contribution in [1.82, 2.24) is 15.3 Å². The predicted octanol–water partition coefficient (Wildman–Crippen LogP) is 3.35. The standard InChI is InChI=1S/C15H21N3OS/c1-4-16-7-12-5-6-14(8-17-12)19-9-13-10-20-15(18-13)11(2)3/h5-6,8,10-11,16H,4,7,9H2,1-3H3. The van der Waals surface area contributed by atoms with Crippen LogP contribution in [0.15, 0.2) is 23.7 Å². The number of nitrogens with zero attached hydrogens (tertiary/aromatic N) is 2. The Bertz CT molecular complexity index is 522. The summed E-state index contributed by atoms with van der Waals surface area (Å²) in [7, 11) is 0. The average molecular weight is 291 g/mol. The predicted molar refractivity (Wildman–Crippen MR) is 82.2 cm³/mol. The van der Waals surface area contributed by atoms with Gasteiger partial charge in [-0.3, -0.25) is 4.98 Å². The first-order chi connectivity index (χ1) is 9.69. The summed E-state index contributed by atoms with van der Waals surface area (Å²) in [5.41, 5.74) is 2.00. The molecule has 0 atom stereocenters. The third-order valence-electron chi connectivity index (χ3n) is 2.80. The topological polar surface area (TPSA) is 47.0 Å². The average Bonchev–Trinajstić information content (AvgIpc) is 2.93. The third-order valence-corrected chi connectivity index (χ3v) is 4.00. The van der Waals surface area contributed by atoms with Gasteiger partial charge in [-0.1, -0.05) is 20.8 Å². The molecule has 0 fully saturated rings. The van der Waals surface area contributed by atoms with Crippen molar-refractivity contribution in [3.8, 4) is 5.75 Å². The quantitative estimate of drug-likeness (QED) is 0.850. The number of nitrogens with one attached hydrogen (secondary N) is 1. The molecule has 0 aliphatic rings. The highest BCUT2D eigenvalue weighted by Gasteiger charge is 2.06. The highest BCUT2D eigenvalue weighted by molar-refractivity contribution is 7.09. The first-order valence-corrected chi connectivity index (χ1v) is 7.79. The van der Waals surface area contributed by atoms with E-state index in [0.29, 0.717) is 12.5 Å². The Balaban J connectivity index is 1.86. The Morgan fingerprint density at radius 1 is 1.30 bits per heavy atom. The Labute approximate surface area is 124 Å². The van der Waals surface area contributed by atoms with Gasteiger partial charge < -0.3 is 10.1 Å². The van der Waals surface area contributed by atoms with Gasteiger partial charge in [0.05, 0.1) is 22.6 Å². The zero-order chi connectivity index (χ0) is 14.4. The first kappa shape index (κ1) is 14.9. The maximum atomic E-state index is 5.71. The molecule has 108 valence electrons. The lowest BCUT2D eigenvalue weighted by Gasteiger charge is -2.05. The summed E-state index contributed by atoms with van der Waals surface area (Å²) >= 11 is 1.69. The molecule has 0 aliphatic heterocycles. The van der Waals surface area contributed by atoms with E-state index in [0.717, 1.165) is 35.2 Å². The number of rotatable bonds is 7. The van der Waals surface area contributed by atoms with E-state index in [1.807, 2.05) is 12.1 Å². The summed E-state index contributed by atoms with van der Waals surface area (Å²) in [5, 5.41) is 6.46. The van der Waals surface area contributed by atoms with Crippen molar-refractivity contribution < 1.29 is 4.74 Å². The molecule has 4 nitrogen and oxygen atoms in total. The summed E-state index contributed by atoms with van der Waals surface area (Å²) in [6, 6.07) is 3.94. The second kappa shape index (κ2) is 7.36. The van der Waals surface area contributed by atoms with E-state index in [-0.39, 0.29) is 0 Å². The molecule has 0 aliphatic carbocycles. The minimum Gasteiger partial charge on any atom is -0.486 e. The SMILES string of the molecule is CCNCc1ccc(OCc2csc(C(C)C)n2)cn1. The van der Waals surface area contributed by atoms with Gasteiger partial charge in [0.25, 0.3) is 0 Å². The van der Waals surface area contributed by atoms with Crippen molar-refractivity contribution in [2.45, 2.75) is 39.8 Å². The van der Waals surface area contributed by atoms with Gasteiger partial charge in [-0.05, 0) is 18.7 Å². The maximum Gasteiger partial charge on any atom is 0.138 e. The van der Waals surface area contributed by atoms with Crippen LogP contribution in [0.1, 0.15) is 43.1 Å². The van der Waals surface area contributed by atoms with Crippen molar-refractivity contribution in [2.75, 3.05) is 6.54 Å². The van der Waals surface area contributed by atoms with Gasteiger partial charge in [0.1, 0.15) is 12.4 Å². The molecule has 2 rings (SSSR count). The molecule has 2 heterocycles. The van der Waals surface area contributed by atoms with E-state index >= 15 is 0 Å². The second-order valence-corrected chi connectivity index (χ2v) is 5.78. The van der Waals surface area contributed by atoms with Crippen LogP contribution in [-0.4, -0.2) is 16.5 Å². The molecular formula is C15H21N3OS. The number of hydrogen-bond acceptors (Lipinski definition) is 5. The molecule has 0 unspecified atom stereocenters. The van der Waals surface area contributed by atoms with Gasteiger partial charge in [-0.2, -0.15) is 0 Å². The minimum absolute atomic E-state index is 0.473. The van der Waals surface area contributed by atoms with E-state index in [4.69, 9.17) is 4.74 Å². The molecule has 0 radical (unpaired) electrons. The van der Waals surface area contributed by atoms with Gasteiger partial charge in [0.15, 0.2) is 0 Å². The van der Waals surface area contributed by atoms with Gasteiger partial charge in [-0.25, -0.2) is 4.98 Å². The van der Waals surface area contributed by atoms with Crippen molar-refractivity contribution in [1.29, 1.82) is 0 Å². The third kappa shape index (κ3) is 4.28. The summed E-state index contributed by atoms with van der Waals surface area (Å²) in [6.07, 6.45) is 1.77. The van der Waals surface area contributed by atoms with Gasteiger partial charge in [-0.15, -0.1) is 11.3 Å². The highest BCUT2D eigenvalue weighted by Crippen LogP contribution is 2.20.